The summed E-state index contributed by atoms with van der Waals surface area (Å²) in [6.07, 6.45) is 1.34. The normalized spacial score (nSPS) is 11.7. The fourth-order valence-corrected chi connectivity index (χ4v) is 2.48. The molecule has 0 amide bonds. The van der Waals surface area contributed by atoms with Gasteiger partial charge in [-0.15, -0.1) is 0 Å². The summed E-state index contributed by atoms with van der Waals surface area (Å²) in [6, 6.07) is 5.11. The Bertz CT molecular complexity index is 643. The van der Waals surface area contributed by atoms with Gasteiger partial charge < -0.3 is 4.52 Å². The largest absolute Gasteiger partial charge is 0.364 e. The van der Waals surface area contributed by atoms with Crippen molar-refractivity contribution >= 4 is 26.0 Å². The highest BCUT2D eigenvalue weighted by molar-refractivity contribution is 9.10. The van der Waals surface area contributed by atoms with Gasteiger partial charge in [0.05, 0.1) is 21.6 Å². The third-order valence-electron chi connectivity index (χ3n) is 2.14. The van der Waals surface area contributed by atoms with Crippen molar-refractivity contribution in [2.75, 3.05) is 0 Å². The minimum atomic E-state index is -3.77. The van der Waals surface area contributed by atoms with Gasteiger partial charge in [-0.25, -0.2) is 17.5 Å². The Balaban J connectivity index is 2.17. The maximum absolute atomic E-state index is 13.3. The average Bonchev–Trinajstić information content (AvgIpc) is 2.83. The van der Waals surface area contributed by atoms with Crippen molar-refractivity contribution in [3.8, 4) is 0 Å². The highest BCUT2D eigenvalue weighted by Gasteiger charge is 2.16. The van der Waals surface area contributed by atoms with Crippen molar-refractivity contribution in [2.45, 2.75) is 11.4 Å². The molecular weight excluding hydrogens is 327 g/mol. The Morgan fingerprint density at radius 1 is 1.39 bits per heavy atom. The van der Waals surface area contributed by atoms with Crippen LogP contribution in [0.5, 0.6) is 0 Å². The molecule has 8 heteroatoms. The molecule has 0 spiro atoms. The summed E-state index contributed by atoms with van der Waals surface area (Å²) in [5.41, 5.74) is 0.441. The zero-order valence-corrected chi connectivity index (χ0v) is 11.3. The average molecular weight is 335 g/mol. The van der Waals surface area contributed by atoms with E-state index in [2.05, 4.69) is 30.3 Å². The molecule has 1 aromatic heterocycles. The summed E-state index contributed by atoms with van der Waals surface area (Å²) < 4.78 is 44.0. The van der Waals surface area contributed by atoms with E-state index >= 15 is 0 Å². The first-order chi connectivity index (χ1) is 8.49. The molecule has 1 aromatic carbocycles. The standard InChI is InChI=1S/C10H8BrFN2O3S/c11-9-2-1-8(5-10(9)12)18(15,16)13-6-7-3-4-17-14-7/h1-5,13H,6H2. The number of aromatic nitrogens is 1. The number of hydrogen-bond acceptors (Lipinski definition) is 4. The molecule has 2 rings (SSSR count). The molecule has 0 aliphatic heterocycles. The lowest BCUT2D eigenvalue weighted by Gasteiger charge is -2.05. The van der Waals surface area contributed by atoms with Crippen LogP contribution in [0.2, 0.25) is 0 Å². The SMILES string of the molecule is O=S(=O)(NCc1ccon1)c1ccc(Br)c(F)c1. The number of nitrogens with one attached hydrogen (secondary N) is 1. The number of nitrogens with zero attached hydrogens (tertiary/aromatic N) is 1. The van der Waals surface area contributed by atoms with Gasteiger partial charge in [0.1, 0.15) is 12.1 Å². The van der Waals surface area contributed by atoms with Gasteiger partial charge in [-0.2, -0.15) is 0 Å². The predicted molar refractivity (Wildman–Crippen MR) is 64.6 cm³/mol. The van der Waals surface area contributed by atoms with E-state index in [0.29, 0.717) is 5.69 Å². The quantitative estimate of drug-likeness (QED) is 0.928. The topological polar surface area (TPSA) is 72.2 Å². The number of sulfonamides is 1. The number of halogens is 2. The highest BCUT2D eigenvalue weighted by Crippen LogP contribution is 2.19. The summed E-state index contributed by atoms with van der Waals surface area (Å²) in [7, 11) is -3.77. The van der Waals surface area contributed by atoms with Crippen molar-refractivity contribution in [1.82, 2.24) is 9.88 Å². The number of hydrogen-bond donors (Lipinski definition) is 1. The van der Waals surface area contributed by atoms with Crippen LogP contribution in [0, 0.1) is 5.82 Å². The van der Waals surface area contributed by atoms with Crippen molar-refractivity contribution in [2.24, 2.45) is 0 Å². The summed E-state index contributed by atoms with van der Waals surface area (Å²) >= 11 is 2.95. The van der Waals surface area contributed by atoms with Crippen molar-refractivity contribution in [1.29, 1.82) is 0 Å². The fraction of sp³-hybridized carbons (Fsp3) is 0.100. The fourth-order valence-electron chi connectivity index (χ4n) is 1.23. The molecule has 0 unspecified atom stereocenters. The first kappa shape index (κ1) is 13.2. The monoisotopic (exact) mass is 334 g/mol. The number of rotatable bonds is 4. The van der Waals surface area contributed by atoms with Crippen LogP contribution < -0.4 is 4.72 Å². The van der Waals surface area contributed by atoms with Gasteiger partial charge in [0.15, 0.2) is 0 Å². The molecule has 0 saturated heterocycles. The maximum Gasteiger partial charge on any atom is 0.241 e. The van der Waals surface area contributed by atoms with E-state index in [4.69, 9.17) is 0 Å². The molecule has 1 heterocycles. The molecule has 0 bridgehead atoms. The third kappa shape index (κ3) is 2.95. The van der Waals surface area contributed by atoms with E-state index in [1.807, 2.05) is 0 Å². The Morgan fingerprint density at radius 2 is 2.17 bits per heavy atom. The molecule has 0 fully saturated rings. The van der Waals surface area contributed by atoms with Crippen molar-refractivity contribution in [3.05, 3.63) is 46.5 Å². The van der Waals surface area contributed by atoms with Crippen LogP contribution in [0.15, 0.2) is 44.4 Å². The molecule has 0 atom stereocenters. The van der Waals surface area contributed by atoms with Gasteiger partial charge in [-0.3, -0.25) is 0 Å². The van der Waals surface area contributed by atoms with Crippen LogP contribution in [0.25, 0.3) is 0 Å². The highest BCUT2D eigenvalue weighted by atomic mass is 79.9. The van der Waals surface area contributed by atoms with Crippen molar-refractivity contribution < 1.29 is 17.3 Å². The minimum absolute atomic E-state index is 0.0173. The van der Waals surface area contributed by atoms with Crippen LogP contribution in [0.1, 0.15) is 5.69 Å². The summed E-state index contributed by atoms with van der Waals surface area (Å²) in [6.45, 7) is -0.0173. The maximum atomic E-state index is 13.3. The second kappa shape index (κ2) is 5.17. The van der Waals surface area contributed by atoms with Gasteiger partial charge in [-0.1, -0.05) is 5.16 Å². The molecule has 18 heavy (non-hydrogen) atoms. The Labute approximate surface area is 111 Å². The predicted octanol–water partition coefficient (Wildman–Crippen LogP) is 2.05. The molecular formula is C10H8BrFN2O3S. The summed E-state index contributed by atoms with van der Waals surface area (Å²) in [5, 5.41) is 3.56. The lowest BCUT2D eigenvalue weighted by atomic mass is 10.3. The number of benzene rings is 1. The van der Waals surface area contributed by atoms with Gasteiger partial charge in [0.25, 0.3) is 0 Å². The van der Waals surface area contributed by atoms with E-state index in [0.717, 1.165) is 6.07 Å². The van der Waals surface area contributed by atoms with Gasteiger partial charge in [-0.05, 0) is 34.1 Å². The molecule has 0 radical (unpaired) electrons. The zero-order valence-electron chi connectivity index (χ0n) is 8.93. The lowest BCUT2D eigenvalue weighted by Crippen LogP contribution is -2.23. The Hall–Kier alpha value is -1.25. The molecule has 0 aliphatic carbocycles. The lowest BCUT2D eigenvalue weighted by molar-refractivity contribution is 0.411. The van der Waals surface area contributed by atoms with E-state index in [-0.39, 0.29) is 15.9 Å². The van der Waals surface area contributed by atoms with E-state index in [9.17, 15) is 12.8 Å². The van der Waals surface area contributed by atoms with Gasteiger partial charge in [0.2, 0.25) is 10.0 Å². The van der Waals surface area contributed by atoms with Crippen LogP contribution >= 0.6 is 15.9 Å². The van der Waals surface area contributed by atoms with E-state index < -0.39 is 15.8 Å². The van der Waals surface area contributed by atoms with Gasteiger partial charge >= 0.3 is 0 Å². The summed E-state index contributed by atoms with van der Waals surface area (Å²) in [4.78, 5) is -0.147. The Morgan fingerprint density at radius 3 is 2.78 bits per heavy atom. The first-order valence-corrected chi connectivity index (χ1v) is 7.10. The van der Waals surface area contributed by atoms with Crippen LogP contribution in [-0.4, -0.2) is 13.6 Å². The third-order valence-corrected chi connectivity index (χ3v) is 4.18. The van der Waals surface area contributed by atoms with Crippen LogP contribution in [0.3, 0.4) is 0 Å². The van der Waals surface area contributed by atoms with Crippen LogP contribution in [0.4, 0.5) is 4.39 Å². The molecule has 5 nitrogen and oxygen atoms in total. The molecule has 96 valence electrons. The van der Waals surface area contributed by atoms with E-state index in [1.54, 1.807) is 0 Å². The zero-order chi connectivity index (χ0) is 13.2. The molecule has 0 aliphatic rings. The van der Waals surface area contributed by atoms with Crippen LogP contribution in [-0.2, 0) is 16.6 Å². The van der Waals surface area contributed by atoms with E-state index in [1.165, 1.54) is 24.5 Å². The smallest absolute Gasteiger partial charge is 0.241 e. The first-order valence-electron chi connectivity index (χ1n) is 4.83. The van der Waals surface area contributed by atoms with Gasteiger partial charge in [0, 0.05) is 6.07 Å². The Kier molecular flexibility index (Phi) is 3.79. The second-order valence-electron chi connectivity index (χ2n) is 3.39. The molecule has 0 saturated carbocycles. The second-order valence-corrected chi connectivity index (χ2v) is 6.01. The molecule has 2 aromatic rings. The minimum Gasteiger partial charge on any atom is -0.364 e. The molecule has 1 N–H and O–H groups in total. The van der Waals surface area contributed by atoms with Crippen molar-refractivity contribution in [3.63, 3.8) is 0 Å². The summed E-state index contributed by atoms with van der Waals surface area (Å²) in [5.74, 6) is -0.640.